The first-order valence-corrected chi connectivity index (χ1v) is 11.7. The van der Waals surface area contributed by atoms with Gasteiger partial charge in [0.1, 0.15) is 5.82 Å². The van der Waals surface area contributed by atoms with Gasteiger partial charge >= 0.3 is 6.18 Å². The Morgan fingerprint density at radius 1 is 1.00 bits per heavy atom. The number of hydrogen-bond donors (Lipinski definition) is 2. The van der Waals surface area contributed by atoms with Crippen LogP contribution in [-0.4, -0.2) is 8.42 Å². The first-order chi connectivity index (χ1) is 15.4. The highest BCUT2D eigenvalue weighted by atomic mass is 32.2. The molecule has 0 aromatic heterocycles. The van der Waals surface area contributed by atoms with Gasteiger partial charge in [-0.15, -0.1) is 0 Å². The van der Waals surface area contributed by atoms with Gasteiger partial charge in [-0.1, -0.05) is 38.1 Å². The Balaban J connectivity index is 1.69. The molecule has 1 atom stereocenters. The van der Waals surface area contributed by atoms with Crippen molar-refractivity contribution in [3.8, 4) is 0 Å². The van der Waals surface area contributed by atoms with E-state index in [4.69, 9.17) is 0 Å². The predicted molar refractivity (Wildman–Crippen MR) is 119 cm³/mol. The van der Waals surface area contributed by atoms with Crippen molar-refractivity contribution < 1.29 is 26.0 Å². The van der Waals surface area contributed by atoms with Crippen LogP contribution in [0.1, 0.15) is 43.0 Å². The Bertz CT molecular complexity index is 1300. The molecule has 9 heteroatoms. The summed E-state index contributed by atoms with van der Waals surface area (Å²) in [6.07, 6.45) is -4.01. The minimum absolute atomic E-state index is 0.209. The van der Waals surface area contributed by atoms with Crippen molar-refractivity contribution in [2.24, 2.45) is 0 Å². The molecule has 1 aliphatic heterocycles. The van der Waals surface area contributed by atoms with Crippen molar-refractivity contribution in [1.29, 1.82) is 0 Å². The Morgan fingerprint density at radius 2 is 1.73 bits per heavy atom. The number of rotatable bonds is 4. The van der Waals surface area contributed by atoms with E-state index in [1.54, 1.807) is 24.3 Å². The average Bonchev–Trinajstić information content (AvgIpc) is 2.72. The second kappa shape index (κ2) is 8.06. The molecule has 174 valence electrons. The van der Waals surface area contributed by atoms with E-state index < -0.39 is 33.0 Å². The summed E-state index contributed by atoms with van der Waals surface area (Å²) >= 11 is 0. The molecule has 33 heavy (non-hydrogen) atoms. The summed E-state index contributed by atoms with van der Waals surface area (Å²) in [7, 11) is -4.05. The van der Waals surface area contributed by atoms with Crippen LogP contribution in [0.3, 0.4) is 0 Å². The fourth-order valence-corrected chi connectivity index (χ4v) is 5.30. The van der Waals surface area contributed by atoms with Crippen LogP contribution in [0.2, 0.25) is 0 Å². The highest BCUT2D eigenvalue weighted by Gasteiger charge is 2.38. The van der Waals surface area contributed by atoms with Crippen LogP contribution in [0.15, 0.2) is 71.6 Å². The molecule has 2 N–H and O–H groups in total. The molecule has 0 amide bonds. The molecule has 1 unspecified atom stereocenters. The van der Waals surface area contributed by atoms with E-state index in [9.17, 15) is 26.0 Å². The Morgan fingerprint density at radius 3 is 2.42 bits per heavy atom. The number of alkyl halides is 3. The fraction of sp³-hybridized carbons (Fsp3) is 0.250. The third-order valence-electron chi connectivity index (χ3n) is 5.81. The second-order valence-electron chi connectivity index (χ2n) is 8.69. The summed E-state index contributed by atoms with van der Waals surface area (Å²) in [5, 5.41) is 3.26. The summed E-state index contributed by atoms with van der Waals surface area (Å²) < 4.78 is 81.4. The van der Waals surface area contributed by atoms with Crippen LogP contribution in [0.25, 0.3) is 0 Å². The van der Waals surface area contributed by atoms with Gasteiger partial charge in [0.15, 0.2) is 0 Å². The van der Waals surface area contributed by atoms with Gasteiger partial charge < -0.3 is 5.32 Å². The van der Waals surface area contributed by atoms with E-state index in [0.29, 0.717) is 28.9 Å². The monoisotopic (exact) mass is 478 g/mol. The third kappa shape index (κ3) is 4.68. The third-order valence-corrected chi connectivity index (χ3v) is 7.17. The van der Waals surface area contributed by atoms with E-state index in [-0.39, 0.29) is 10.9 Å². The van der Waals surface area contributed by atoms with Crippen molar-refractivity contribution in [3.63, 3.8) is 0 Å². The van der Waals surface area contributed by atoms with Crippen molar-refractivity contribution >= 4 is 21.4 Å². The van der Waals surface area contributed by atoms with Crippen molar-refractivity contribution in [1.82, 2.24) is 0 Å². The maximum absolute atomic E-state index is 13.6. The van der Waals surface area contributed by atoms with E-state index in [1.807, 2.05) is 13.8 Å². The van der Waals surface area contributed by atoms with Crippen molar-refractivity contribution in [3.05, 3.63) is 89.2 Å². The fourth-order valence-electron chi connectivity index (χ4n) is 4.18. The largest absolute Gasteiger partial charge is 0.416 e. The molecule has 0 saturated heterocycles. The maximum Gasteiger partial charge on any atom is 0.416 e. The number of nitrogens with one attached hydrogen (secondary N) is 2. The summed E-state index contributed by atoms with van der Waals surface area (Å²) in [6, 6.07) is 14.7. The first kappa shape index (κ1) is 23.1. The molecule has 0 saturated carbocycles. The topological polar surface area (TPSA) is 58.2 Å². The highest BCUT2D eigenvalue weighted by Crippen LogP contribution is 2.47. The normalized spacial score (nSPS) is 17.7. The lowest BCUT2D eigenvalue weighted by Crippen LogP contribution is -2.32. The molecule has 4 rings (SSSR count). The minimum atomic E-state index is -4.44. The number of fused-ring (bicyclic) bond motifs is 1. The lowest BCUT2D eigenvalue weighted by atomic mass is 9.73. The molecular weight excluding hydrogens is 456 g/mol. The number of halogens is 4. The van der Waals surface area contributed by atoms with E-state index >= 15 is 0 Å². The molecule has 3 aromatic rings. The summed E-state index contributed by atoms with van der Waals surface area (Å²) in [5.74, 6) is -0.670. The molecule has 0 spiro atoms. The summed E-state index contributed by atoms with van der Waals surface area (Å²) in [6.45, 7) is 3.72. The maximum atomic E-state index is 13.6. The van der Waals surface area contributed by atoms with Gasteiger partial charge in [-0.2, -0.15) is 13.2 Å². The van der Waals surface area contributed by atoms with Gasteiger partial charge in [0.2, 0.25) is 0 Å². The van der Waals surface area contributed by atoms with E-state index in [0.717, 1.165) is 24.3 Å². The van der Waals surface area contributed by atoms with Gasteiger partial charge in [0.05, 0.1) is 22.2 Å². The molecule has 4 nitrogen and oxygen atoms in total. The highest BCUT2D eigenvalue weighted by molar-refractivity contribution is 7.92. The van der Waals surface area contributed by atoms with Crippen LogP contribution in [0, 0.1) is 5.82 Å². The van der Waals surface area contributed by atoms with Crippen LogP contribution < -0.4 is 10.0 Å². The number of para-hydroxylation sites is 1. The lowest BCUT2D eigenvalue weighted by molar-refractivity contribution is -0.137. The van der Waals surface area contributed by atoms with Gasteiger partial charge in [0, 0.05) is 5.69 Å². The smallest absolute Gasteiger partial charge is 0.378 e. The Labute approximate surface area is 189 Å². The number of sulfonamides is 1. The van der Waals surface area contributed by atoms with E-state index in [1.165, 1.54) is 18.2 Å². The molecule has 0 fully saturated rings. The molecule has 1 heterocycles. The lowest BCUT2D eigenvalue weighted by Gasteiger charge is -2.39. The van der Waals surface area contributed by atoms with Crippen LogP contribution in [0.4, 0.5) is 28.9 Å². The predicted octanol–water partition coefficient (Wildman–Crippen LogP) is 6.48. The molecule has 1 aliphatic rings. The van der Waals surface area contributed by atoms with Gasteiger partial charge in [-0.05, 0) is 65.4 Å². The quantitative estimate of drug-likeness (QED) is 0.422. The molecular formula is C24H22F4N2O2S. The molecule has 0 bridgehead atoms. The van der Waals surface area contributed by atoms with E-state index in [2.05, 4.69) is 10.0 Å². The minimum Gasteiger partial charge on any atom is -0.378 e. The van der Waals surface area contributed by atoms with Crippen LogP contribution in [0.5, 0.6) is 0 Å². The van der Waals surface area contributed by atoms with Crippen LogP contribution >= 0.6 is 0 Å². The molecule has 3 aromatic carbocycles. The van der Waals surface area contributed by atoms with Crippen molar-refractivity contribution in [2.45, 2.75) is 42.8 Å². The molecule has 0 radical (unpaired) electrons. The van der Waals surface area contributed by atoms with Crippen LogP contribution in [-0.2, 0) is 21.6 Å². The number of benzene rings is 3. The number of hydrogen-bond acceptors (Lipinski definition) is 3. The summed E-state index contributed by atoms with van der Waals surface area (Å²) in [5.41, 5.74) is 0.735. The Hall–Kier alpha value is -3.07. The summed E-state index contributed by atoms with van der Waals surface area (Å²) in [4.78, 5) is -0.209. The van der Waals surface area contributed by atoms with Gasteiger partial charge in [-0.25, -0.2) is 12.8 Å². The zero-order valence-corrected chi connectivity index (χ0v) is 18.7. The zero-order valence-electron chi connectivity index (χ0n) is 17.9. The average molecular weight is 479 g/mol. The zero-order chi connectivity index (χ0) is 24.0. The first-order valence-electron chi connectivity index (χ1n) is 10.2. The Kier molecular flexibility index (Phi) is 5.64. The standard InChI is InChI=1S/C24H22F4N2O2S/c1-23(2)14-22(29-21-11-10-15(12-19(21)23)24(26,27)28)18-8-3-4-9-20(18)30-33(31,32)17-7-5-6-16(25)13-17/h3-13,22,29-30H,14H2,1-2H3. The second-order valence-corrected chi connectivity index (χ2v) is 10.4. The van der Waals surface area contributed by atoms with Crippen molar-refractivity contribution in [2.75, 3.05) is 10.0 Å². The molecule has 0 aliphatic carbocycles. The van der Waals surface area contributed by atoms with Gasteiger partial charge in [0.25, 0.3) is 10.0 Å². The number of anilines is 2. The SMILES string of the molecule is CC1(C)CC(c2ccccc2NS(=O)(=O)c2cccc(F)c2)Nc2ccc(C(F)(F)F)cc21. The van der Waals surface area contributed by atoms with Gasteiger partial charge in [-0.3, -0.25) is 4.72 Å².